The molecule has 0 aliphatic carbocycles. The molecule has 7 nitrogen and oxygen atoms in total. The SMILES string of the molecule is C=CCn1c(COc2ccccc2)nnc1S[C@H](C)C(=O)N/N=C\c1ccccc1F. The molecule has 1 heterocycles. The Morgan fingerprint density at radius 1 is 1.26 bits per heavy atom. The van der Waals surface area contributed by atoms with Crippen LogP contribution in [0.5, 0.6) is 5.75 Å². The minimum atomic E-state index is -0.506. The van der Waals surface area contributed by atoms with Crippen molar-refractivity contribution >= 4 is 23.9 Å². The summed E-state index contributed by atoms with van der Waals surface area (Å²) in [5.74, 6) is 0.597. The minimum absolute atomic E-state index is 0.235. The second-order valence-electron chi connectivity index (χ2n) is 6.42. The Balaban J connectivity index is 1.61. The third-order valence-electron chi connectivity index (χ3n) is 4.15. The first-order valence-electron chi connectivity index (χ1n) is 9.53. The van der Waals surface area contributed by atoms with Crippen LogP contribution in [0.4, 0.5) is 4.39 Å². The fourth-order valence-corrected chi connectivity index (χ4v) is 3.41. The van der Waals surface area contributed by atoms with Gasteiger partial charge in [-0.25, -0.2) is 9.82 Å². The van der Waals surface area contributed by atoms with Crippen LogP contribution in [0.15, 0.2) is 77.5 Å². The summed E-state index contributed by atoms with van der Waals surface area (Å²) in [4.78, 5) is 12.4. The Labute approximate surface area is 184 Å². The molecule has 1 atom stereocenters. The van der Waals surface area contributed by atoms with Crippen LogP contribution >= 0.6 is 11.8 Å². The number of aromatic nitrogens is 3. The highest BCUT2D eigenvalue weighted by molar-refractivity contribution is 8.00. The van der Waals surface area contributed by atoms with Crippen molar-refractivity contribution in [2.24, 2.45) is 5.10 Å². The van der Waals surface area contributed by atoms with E-state index in [4.69, 9.17) is 4.74 Å². The van der Waals surface area contributed by atoms with Gasteiger partial charge in [-0.2, -0.15) is 5.10 Å². The lowest BCUT2D eigenvalue weighted by atomic mass is 10.2. The van der Waals surface area contributed by atoms with E-state index in [1.54, 1.807) is 31.2 Å². The molecule has 160 valence electrons. The molecule has 0 aliphatic heterocycles. The van der Waals surface area contributed by atoms with Crippen molar-refractivity contribution < 1.29 is 13.9 Å². The Kier molecular flexibility index (Phi) is 7.94. The van der Waals surface area contributed by atoms with Crippen molar-refractivity contribution in [2.75, 3.05) is 0 Å². The molecule has 0 radical (unpaired) electrons. The van der Waals surface area contributed by atoms with Crippen LogP contribution in [-0.2, 0) is 17.9 Å². The standard InChI is InChI=1S/C22H22FN5O2S/c1-3-13-28-20(15-30-18-10-5-4-6-11-18)25-27-22(28)31-16(2)21(29)26-24-14-17-9-7-8-12-19(17)23/h3-12,14,16H,1,13,15H2,2H3,(H,26,29)/b24-14-/t16-/m1/s1. The zero-order valence-electron chi connectivity index (χ0n) is 16.9. The van der Waals surface area contributed by atoms with Gasteiger partial charge in [0.2, 0.25) is 0 Å². The summed E-state index contributed by atoms with van der Waals surface area (Å²) >= 11 is 1.24. The van der Waals surface area contributed by atoms with E-state index in [0.29, 0.717) is 17.5 Å². The number of nitrogens with zero attached hydrogens (tertiary/aromatic N) is 4. The van der Waals surface area contributed by atoms with Gasteiger partial charge in [-0.1, -0.05) is 54.2 Å². The number of rotatable bonds is 10. The maximum absolute atomic E-state index is 13.6. The first-order chi connectivity index (χ1) is 15.1. The van der Waals surface area contributed by atoms with Crippen molar-refractivity contribution in [1.82, 2.24) is 20.2 Å². The fourth-order valence-electron chi connectivity index (χ4n) is 2.54. The van der Waals surface area contributed by atoms with Gasteiger partial charge in [-0.15, -0.1) is 16.8 Å². The molecular weight excluding hydrogens is 417 g/mol. The third-order valence-corrected chi connectivity index (χ3v) is 5.23. The van der Waals surface area contributed by atoms with E-state index in [1.807, 2.05) is 34.9 Å². The van der Waals surface area contributed by atoms with Crippen LogP contribution in [0, 0.1) is 5.82 Å². The predicted octanol–water partition coefficient (Wildman–Crippen LogP) is 3.81. The molecule has 3 rings (SSSR count). The first kappa shape index (κ1) is 22.2. The molecule has 9 heteroatoms. The number of thioether (sulfide) groups is 1. The van der Waals surface area contributed by atoms with Crippen molar-refractivity contribution in [3.8, 4) is 5.75 Å². The summed E-state index contributed by atoms with van der Waals surface area (Å²) in [6, 6.07) is 15.6. The second kappa shape index (κ2) is 11.1. The molecule has 3 aromatic rings. The Morgan fingerprint density at radius 3 is 2.74 bits per heavy atom. The van der Waals surface area contributed by atoms with E-state index in [1.165, 1.54) is 24.0 Å². The summed E-state index contributed by atoms with van der Waals surface area (Å²) in [7, 11) is 0. The van der Waals surface area contributed by atoms with Gasteiger partial charge in [-0.05, 0) is 25.1 Å². The average Bonchev–Trinajstić information content (AvgIpc) is 3.15. The highest BCUT2D eigenvalue weighted by Crippen LogP contribution is 2.23. The Bertz CT molecular complexity index is 1060. The molecular formula is C22H22FN5O2S. The van der Waals surface area contributed by atoms with E-state index >= 15 is 0 Å². The number of ether oxygens (including phenoxy) is 1. The van der Waals surface area contributed by atoms with Crippen molar-refractivity contribution in [3.63, 3.8) is 0 Å². The topological polar surface area (TPSA) is 81.4 Å². The molecule has 0 unspecified atom stereocenters. The first-order valence-corrected chi connectivity index (χ1v) is 10.4. The highest BCUT2D eigenvalue weighted by Gasteiger charge is 2.20. The molecule has 0 spiro atoms. The molecule has 1 aromatic heterocycles. The number of carbonyl (C=O) groups is 1. The maximum atomic E-state index is 13.6. The molecule has 1 amide bonds. The zero-order valence-corrected chi connectivity index (χ0v) is 17.8. The molecule has 0 fully saturated rings. The minimum Gasteiger partial charge on any atom is -0.486 e. The van der Waals surface area contributed by atoms with Crippen molar-refractivity contribution in [1.29, 1.82) is 0 Å². The van der Waals surface area contributed by atoms with Crippen LogP contribution in [-0.4, -0.2) is 32.1 Å². The van der Waals surface area contributed by atoms with Crippen LogP contribution in [0.25, 0.3) is 0 Å². The lowest BCUT2D eigenvalue weighted by Gasteiger charge is -2.11. The van der Waals surface area contributed by atoms with Crippen molar-refractivity contribution in [2.45, 2.75) is 30.5 Å². The van der Waals surface area contributed by atoms with Crippen LogP contribution in [0.1, 0.15) is 18.3 Å². The number of hydrazone groups is 1. The maximum Gasteiger partial charge on any atom is 0.253 e. The van der Waals surface area contributed by atoms with Gasteiger partial charge in [0.05, 0.1) is 11.5 Å². The van der Waals surface area contributed by atoms with Gasteiger partial charge in [-0.3, -0.25) is 9.36 Å². The van der Waals surface area contributed by atoms with Gasteiger partial charge in [0, 0.05) is 12.1 Å². The number of amides is 1. The van der Waals surface area contributed by atoms with E-state index < -0.39 is 11.1 Å². The summed E-state index contributed by atoms with van der Waals surface area (Å²) in [5, 5.41) is 12.3. The Morgan fingerprint density at radius 2 is 2.00 bits per heavy atom. The van der Waals surface area contributed by atoms with Crippen molar-refractivity contribution in [3.05, 3.63) is 84.5 Å². The lowest BCUT2D eigenvalue weighted by molar-refractivity contribution is -0.120. The monoisotopic (exact) mass is 439 g/mol. The number of hydrogen-bond acceptors (Lipinski definition) is 6. The highest BCUT2D eigenvalue weighted by atomic mass is 32.2. The molecule has 1 N–H and O–H groups in total. The van der Waals surface area contributed by atoms with Crippen LogP contribution in [0.3, 0.4) is 0 Å². The predicted molar refractivity (Wildman–Crippen MR) is 118 cm³/mol. The number of carbonyl (C=O) groups excluding carboxylic acids is 1. The average molecular weight is 440 g/mol. The number of hydrogen-bond donors (Lipinski definition) is 1. The molecule has 31 heavy (non-hydrogen) atoms. The molecule has 0 saturated carbocycles. The van der Waals surface area contributed by atoms with Gasteiger partial charge in [0.15, 0.2) is 11.0 Å². The number of para-hydroxylation sites is 1. The quantitative estimate of drug-likeness (QED) is 0.225. The van der Waals surface area contributed by atoms with Crippen LogP contribution in [0.2, 0.25) is 0 Å². The fraction of sp³-hybridized carbons (Fsp3) is 0.182. The number of allylic oxidation sites excluding steroid dienone is 1. The van der Waals surface area contributed by atoms with Gasteiger partial charge in [0.25, 0.3) is 5.91 Å². The normalized spacial score (nSPS) is 11.9. The number of benzene rings is 2. The lowest BCUT2D eigenvalue weighted by Crippen LogP contribution is -2.27. The van der Waals surface area contributed by atoms with E-state index in [0.717, 1.165) is 5.75 Å². The smallest absolute Gasteiger partial charge is 0.253 e. The van der Waals surface area contributed by atoms with E-state index in [9.17, 15) is 9.18 Å². The number of nitrogens with one attached hydrogen (secondary N) is 1. The third kappa shape index (κ3) is 6.26. The van der Waals surface area contributed by atoms with Gasteiger partial charge < -0.3 is 4.74 Å². The summed E-state index contributed by atoms with van der Waals surface area (Å²) in [6.07, 6.45) is 2.99. The van der Waals surface area contributed by atoms with Gasteiger partial charge >= 0.3 is 0 Å². The van der Waals surface area contributed by atoms with E-state index in [2.05, 4.69) is 27.3 Å². The largest absolute Gasteiger partial charge is 0.486 e. The zero-order chi connectivity index (χ0) is 22.1. The number of halogens is 1. The van der Waals surface area contributed by atoms with E-state index in [-0.39, 0.29) is 18.1 Å². The second-order valence-corrected chi connectivity index (χ2v) is 7.72. The summed E-state index contributed by atoms with van der Waals surface area (Å²) < 4.78 is 21.2. The summed E-state index contributed by atoms with van der Waals surface area (Å²) in [5.41, 5.74) is 2.71. The van der Waals surface area contributed by atoms with Gasteiger partial charge in [0.1, 0.15) is 18.2 Å². The Hall–Kier alpha value is -3.46. The molecule has 2 aromatic carbocycles. The molecule has 0 aliphatic rings. The summed E-state index contributed by atoms with van der Waals surface area (Å²) in [6.45, 7) is 6.21. The van der Waals surface area contributed by atoms with Crippen LogP contribution < -0.4 is 10.2 Å². The molecule has 0 bridgehead atoms. The molecule has 0 saturated heterocycles.